The number of pyridine rings is 1. The zero-order valence-corrected chi connectivity index (χ0v) is 36.6. The van der Waals surface area contributed by atoms with Gasteiger partial charge in [-0.1, -0.05) is 147 Å². The van der Waals surface area contributed by atoms with Gasteiger partial charge in [0, 0.05) is 72.5 Å². The van der Waals surface area contributed by atoms with Crippen molar-refractivity contribution < 1.29 is 49.1 Å². The van der Waals surface area contributed by atoms with Crippen molar-refractivity contribution in [3.63, 3.8) is 0 Å². The van der Waals surface area contributed by atoms with E-state index in [4.69, 9.17) is 24.8 Å². The van der Waals surface area contributed by atoms with Gasteiger partial charge >= 0.3 is 0 Å². The van der Waals surface area contributed by atoms with Gasteiger partial charge in [0.15, 0.2) is 0 Å². The minimum Gasteiger partial charge on any atom is -0.509 e. The molecule has 5 nitrogen and oxygen atoms in total. The Kier molecular flexibility index (Phi) is 6.78. The molecular formula is C58H43N4OPt-3. The molecule has 10 aromatic rings. The van der Waals surface area contributed by atoms with Crippen LogP contribution in [0.2, 0.25) is 0 Å². The first-order valence-electron chi connectivity index (χ1n) is 28.5. The molecule has 64 heavy (non-hydrogen) atoms. The predicted octanol–water partition coefficient (Wildman–Crippen LogP) is 15.3. The summed E-state index contributed by atoms with van der Waals surface area (Å²) >= 11 is 0. The van der Waals surface area contributed by atoms with Gasteiger partial charge in [0.05, 0.1) is 23.3 Å². The first-order chi connectivity index (χ1) is 37.9. The molecule has 0 N–H and O–H groups in total. The molecule has 0 bridgehead atoms. The molecule has 0 fully saturated rings. The molecule has 314 valence electrons. The Morgan fingerprint density at radius 1 is 0.594 bits per heavy atom. The number of nitrogens with zero attached hydrogens (tertiary/aromatic N) is 4. The fourth-order valence-electron chi connectivity index (χ4n) is 7.79. The van der Waals surface area contributed by atoms with Crippen molar-refractivity contribution in [2.75, 3.05) is 9.80 Å². The van der Waals surface area contributed by atoms with Gasteiger partial charge in [-0.2, -0.15) is 12.1 Å². The topological polar surface area (TPSA) is 33.5 Å². The maximum absolute atomic E-state index is 10.1. The smallest absolute Gasteiger partial charge is 0.135 e. The predicted molar refractivity (Wildman–Crippen MR) is 259 cm³/mol. The number of rotatable bonds is 8. The molecule has 0 aliphatic carbocycles. The Bertz CT molecular complexity index is 4130. The molecule has 0 saturated carbocycles. The second-order valence-corrected chi connectivity index (χ2v) is 15.7. The van der Waals surface area contributed by atoms with Gasteiger partial charge in [-0.25, -0.2) is 4.98 Å². The van der Waals surface area contributed by atoms with E-state index in [1.54, 1.807) is 59.6 Å². The molecule has 11 rings (SSSR count). The van der Waals surface area contributed by atoms with E-state index in [9.17, 15) is 8.22 Å². The maximum atomic E-state index is 10.1. The van der Waals surface area contributed by atoms with E-state index >= 15 is 0 Å². The number of para-hydroxylation sites is 3. The third-order valence-corrected chi connectivity index (χ3v) is 10.7. The van der Waals surface area contributed by atoms with E-state index in [0.717, 1.165) is 21.9 Å². The van der Waals surface area contributed by atoms with Gasteiger partial charge in [0.1, 0.15) is 5.82 Å². The van der Waals surface area contributed by atoms with E-state index in [1.807, 2.05) is 41.0 Å². The molecule has 0 spiro atoms. The molecule has 6 heteroatoms. The van der Waals surface area contributed by atoms with Gasteiger partial charge < -0.3 is 19.1 Å². The third kappa shape index (κ3) is 7.46. The summed E-state index contributed by atoms with van der Waals surface area (Å²) in [5.74, 6) is 1.27. The molecular weight excluding hydrogens is 964 g/mol. The SMILES string of the molecule is [2H]c1c([2H])c([2H])c(-c2c([2H])c(-c3c([2H])c([2H])c([2H])c([2H])c3[2H])c(N3[CH-]N(c4[c-]c(Oc5[c-]c6c(cc5)c5ccccc5n6-c5cc(C(C)(C)C)ccn5)ccc4)c4ccccc43)c(-c3c([2H])c([2H])c([2H])c([2H])c3[2H])c2[2H])c([2H])c1[2H].[Pt]. The number of aromatic nitrogens is 2. The van der Waals surface area contributed by atoms with Crippen molar-refractivity contribution in [1.82, 2.24) is 9.55 Å². The molecule has 0 saturated heterocycles. The second-order valence-electron chi connectivity index (χ2n) is 15.7. The van der Waals surface area contributed by atoms with Crippen molar-refractivity contribution in [3.05, 3.63) is 224 Å². The van der Waals surface area contributed by atoms with Crippen molar-refractivity contribution >= 4 is 44.6 Å². The van der Waals surface area contributed by atoms with Crippen molar-refractivity contribution in [3.8, 4) is 50.7 Å². The van der Waals surface area contributed by atoms with Crippen molar-refractivity contribution in [2.24, 2.45) is 0 Å². The van der Waals surface area contributed by atoms with E-state index < -0.39 is 136 Å². The third-order valence-electron chi connectivity index (χ3n) is 10.7. The maximum Gasteiger partial charge on any atom is 0.135 e. The molecule has 2 aromatic heterocycles. The van der Waals surface area contributed by atoms with E-state index in [2.05, 4.69) is 39.0 Å². The largest absolute Gasteiger partial charge is 0.509 e. The summed E-state index contributed by atoms with van der Waals surface area (Å²) in [7, 11) is 0. The van der Waals surface area contributed by atoms with Crippen LogP contribution in [0.5, 0.6) is 11.5 Å². The summed E-state index contributed by atoms with van der Waals surface area (Å²) in [5, 5.41) is 1.90. The van der Waals surface area contributed by atoms with Crippen molar-refractivity contribution in [2.45, 2.75) is 26.2 Å². The fourth-order valence-corrected chi connectivity index (χ4v) is 7.79. The Morgan fingerprint density at radius 2 is 1.20 bits per heavy atom. The summed E-state index contributed by atoms with van der Waals surface area (Å²) in [4.78, 5) is 7.83. The van der Waals surface area contributed by atoms with Crippen LogP contribution in [0, 0.1) is 18.8 Å². The van der Waals surface area contributed by atoms with Gasteiger partial charge in [-0.15, -0.1) is 48.1 Å². The zero-order valence-electron chi connectivity index (χ0n) is 51.3. The van der Waals surface area contributed by atoms with Crippen LogP contribution in [0.3, 0.4) is 0 Å². The summed E-state index contributed by atoms with van der Waals surface area (Å²) in [6.45, 7) is 7.88. The average molecular weight is 1020 g/mol. The Balaban J connectivity index is 0.00000736. The van der Waals surface area contributed by atoms with Gasteiger partial charge in [0.25, 0.3) is 0 Å². The Hall–Kier alpha value is -7.20. The minimum absolute atomic E-state index is 0. The summed E-state index contributed by atoms with van der Waals surface area (Å²) in [6, 6.07) is 20.2. The van der Waals surface area contributed by atoms with Crippen LogP contribution in [-0.2, 0) is 26.5 Å². The average Bonchev–Trinajstić information content (AvgIpc) is 4.17. The zero-order chi connectivity index (χ0) is 57.3. The second kappa shape index (κ2) is 16.8. The van der Waals surface area contributed by atoms with E-state index in [-0.39, 0.29) is 43.6 Å². The van der Waals surface area contributed by atoms with E-state index in [0.29, 0.717) is 28.5 Å². The number of anilines is 4. The molecule has 0 radical (unpaired) electrons. The Morgan fingerprint density at radius 3 is 1.88 bits per heavy atom. The van der Waals surface area contributed by atoms with Gasteiger partial charge in [0.2, 0.25) is 0 Å². The number of ether oxygens (including phenoxy) is 1. The molecule has 1 aliphatic rings. The molecule has 0 atom stereocenters. The first kappa shape index (κ1) is 25.8. The van der Waals surface area contributed by atoms with Gasteiger partial charge in [-0.05, 0) is 81.0 Å². The normalized spacial score (nSPS) is 16.1. The Labute approximate surface area is 413 Å². The van der Waals surface area contributed by atoms with Crippen LogP contribution in [0.1, 0.15) is 49.6 Å². The molecule has 8 aromatic carbocycles. The molecule has 1 aliphatic heterocycles. The molecule has 3 heterocycles. The summed E-state index contributed by atoms with van der Waals surface area (Å²) in [6.07, 6.45) is 1.79. The molecule has 0 unspecified atom stereocenters. The van der Waals surface area contributed by atoms with Crippen LogP contribution in [0.4, 0.5) is 22.7 Å². The number of fused-ring (bicyclic) bond motifs is 4. The van der Waals surface area contributed by atoms with Gasteiger partial charge in [-0.3, -0.25) is 0 Å². The number of benzene rings is 8. The van der Waals surface area contributed by atoms with Crippen LogP contribution >= 0.6 is 0 Å². The van der Waals surface area contributed by atoms with E-state index in [1.165, 1.54) is 11.6 Å². The number of hydrogen-bond acceptors (Lipinski definition) is 4. The van der Waals surface area contributed by atoms with Crippen LogP contribution in [0.25, 0.3) is 61.0 Å². The quantitative estimate of drug-likeness (QED) is 0.142. The molecule has 0 amide bonds. The van der Waals surface area contributed by atoms with Crippen LogP contribution in [0.15, 0.2) is 200 Å². The minimum atomic E-state index is -0.866. The standard InChI is InChI=1S/C58H43N4O.Pt/c1-58(2,3)44-32-33-59-56(36-44)62-52-27-14-13-26-48(52)49-31-30-47(38-55(49)62)63-46-25-17-24-45(37-46)60-39-61(54-29-16-15-28-53(54)60)57-50(41-20-9-5-10-21-41)34-43(40-18-7-4-8-19-40)35-51(57)42-22-11-6-12-23-42;/h4-36,39H,1-3H3;/q-3;/i4D,5D,6D,7D,8D,9D,10D,11D,12D,18D,19D,20D,21D,22D,23D,34D,35D;. The van der Waals surface area contributed by atoms with Crippen LogP contribution in [-0.4, -0.2) is 9.55 Å². The summed E-state index contributed by atoms with van der Waals surface area (Å²) < 4.78 is 162. The summed E-state index contributed by atoms with van der Waals surface area (Å²) in [5.41, 5.74) is -0.570. The monoisotopic (exact) mass is 1020 g/mol. The van der Waals surface area contributed by atoms with Crippen LogP contribution < -0.4 is 14.5 Å². The fraction of sp³-hybridized carbons (Fsp3) is 0.0690. The first-order valence-corrected chi connectivity index (χ1v) is 20.0. The van der Waals surface area contributed by atoms with Crippen molar-refractivity contribution in [1.29, 1.82) is 0 Å². The number of hydrogen-bond donors (Lipinski definition) is 0.